The van der Waals surface area contributed by atoms with E-state index in [1.54, 1.807) is 0 Å². The van der Waals surface area contributed by atoms with Crippen molar-refractivity contribution in [3.63, 3.8) is 0 Å². The third kappa shape index (κ3) is 3.29. The van der Waals surface area contributed by atoms with Crippen LogP contribution in [0.1, 0.15) is 26.7 Å². The van der Waals surface area contributed by atoms with Crippen LogP contribution in [0.5, 0.6) is 0 Å². The summed E-state index contributed by atoms with van der Waals surface area (Å²) >= 11 is 1.40. The highest BCUT2D eigenvalue weighted by molar-refractivity contribution is 8.01. The first-order valence-electron chi connectivity index (χ1n) is 6.80. The lowest BCUT2D eigenvalue weighted by Crippen LogP contribution is -2.49. The van der Waals surface area contributed by atoms with Crippen molar-refractivity contribution >= 4 is 27.8 Å². The van der Waals surface area contributed by atoms with E-state index >= 15 is 0 Å². The van der Waals surface area contributed by atoms with E-state index in [9.17, 15) is 18.3 Å². The molecular formula is C12H21NO5S2. The summed E-state index contributed by atoms with van der Waals surface area (Å²) < 4.78 is 31.8. The van der Waals surface area contributed by atoms with Gasteiger partial charge in [-0.05, 0) is 18.8 Å². The van der Waals surface area contributed by atoms with Crippen LogP contribution >= 0.6 is 11.8 Å². The molecule has 0 aromatic carbocycles. The summed E-state index contributed by atoms with van der Waals surface area (Å²) in [5.41, 5.74) is 0. The maximum absolute atomic E-state index is 12.6. The number of aliphatic carboxylic acids is 1. The second kappa shape index (κ2) is 6.21. The van der Waals surface area contributed by atoms with Crippen LogP contribution in [0.2, 0.25) is 0 Å². The van der Waals surface area contributed by atoms with E-state index in [0.717, 1.165) is 12.8 Å². The first kappa shape index (κ1) is 16.1. The Labute approximate surface area is 123 Å². The first-order valence-corrected chi connectivity index (χ1v) is 9.46. The minimum atomic E-state index is -3.63. The molecule has 2 saturated heterocycles. The van der Waals surface area contributed by atoms with Crippen LogP contribution in [0.4, 0.5) is 0 Å². The van der Waals surface area contributed by atoms with Crippen LogP contribution in [0.3, 0.4) is 0 Å². The smallest absolute Gasteiger partial charge is 0.322 e. The zero-order valence-corrected chi connectivity index (χ0v) is 13.3. The molecule has 2 aliphatic heterocycles. The van der Waals surface area contributed by atoms with Crippen molar-refractivity contribution in [2.75, 3.05) is 18.1 Å². The molecule has 116 valence electrons. The third-order valence-electron chi connectivity index (χ3n) is 3.58. The van der Waals surface area contributed by atoms with E-state index in [2.05, 4.69) is 0 Å². The molecule has 2 fully saturated rings. The van der Waals surface area contributed by atoms with Crippen LogP contribution in [0.15, 0.2) is 0 Å². The van der Waals surface area contributed by atoms with Gasteiger partial charge < -0.3 is 9.84 Å². The number of carboxylic acids is 1. The molecule has 0 saturated carbocycles. The number of nitrogens with zero attached hydrogens (tertiary/aromatic N) is 1. The molecule has 2 heterocycles. The second-order valence-electron chi connectivity index (χ2n) is 5.57. The molecule has 3 atom stereocenters. The van der Waals surface area contributed by atoms with Gasteiger partial charge in [0, 0.05) is 12.4 Å². The number of thioether (sulfide) groups is 1. The molecule has 20 heavy (non-hydrogen) atoms. The topological polar surface area (TPSA) is 83.9 Å². The standard InChI is InChI=1S/C12H21NO5S2/c1-8(2)11-13(10(6-19-11)12(14)15)20(16,17)7-9-4-3-5-18-9/h8-11H,3-7H2,1-2H3,(H,14,15). The average Bonchev–Trinajstić information content (AvgIpc) is 2.95. The van der Waals surface area contributed by atoms with Crippen molar-refractivity contribution in [2.45, 2.75) is 44.2 Å². The number of sulfonamides is 1. The Morgan fingerprint density at radius 1 is 1.50 bits per heavy atom. The molecule has 1 N–H and O–H groups in total. The van der Waals surface area contributed by atoms with Gasteiger partial charge in [-0.25, -0.2) is 8.42 Å². The lowest BCUT2D eigenvalue weighted by molar-refractivity contribution is -0.140. The maximum Gasteiger partial charge on any atom is 0.322 e. The molecule has 0 aromatic heterocycles. The molecule has 0 bridgehead atoms. The average molecular weight is 323 g/mol. The van der Waals surface area contributed by atoms with Crippen molar-refractivity contribution in [3.8, 4) is 0 Å². The van der Waals surface area contributed by atoms with Gasteiger partial charge >= 0.3 is 5.97 Å². The molecule has 0 aliphatic carbocycles. The molecule has 0 radical (unpaired) electrons. The SMILES string of the molecule is CC(C)C1SCC(C(=O)O)N1S(=O)(=O)CC1CCCO1. The van der Waals surface area contributed by atoms with E-state index in [1.165, 1.54) is 16.1 Å². The van der Waals surface area contributed by atoms with Gasteiger partial charge in [0.15, 0.2) is 0 Å². The highest BCUT2D eigenvalue weighted by Gasteiger charge is 2.47. The molecule has 0 spiro atoms. The summed E-state index contributed by atoms with van der Waals surface area (Å²) in [5, 5.41) is 8.95. The fraction of sp³-hybridized carbons (Fsp3) is 0.917. The fourth-order valence-electron chi connectivity index (χ4n) is 2.63. The van der Waals surface area contributed by atoms with E-state index in [4.69, 9.17) is 4.74 Å². The van der Waals surface area contributed by atoms with E-state index < -0.39 is 22.0 Å². The summed E-state index contributed by atoms with van der Waals surface area (Å²) in [5.74, 6) is -0.802. The zero-order chi connectivity index (χ0) is 14.9. The lowest BCUT2D eigenvalue weighted by Gasteiger charge is -2.29. The number of rotatable bonds is 5. The highest BCUT2D eigenvalue weighted by Crippen LogP contribution is 2.37. The van der Waals surface area contributed by atoms with Crippen LogP contribution < -0.4 is 0 Å². The van der Waals surface area contributed by atoms with Crippen molar-refractivity contribution in [1.29, 1.82) is 0 Å². The Morgan fingerprint density at radius 2 is 2.20 bits per heavy atom. The van der Waals surface area contributed by atoms with Crippen molar-refractivity contribution < 1.29 is 23.1 Å². The first-order chi connectivity index (χ1) is 9.33. The second-order valence-corrected chi connectivity index (χ2v) is 8.63. The summed E-state index contributed by atoms with van der Waals surface area (Å²) in [6.45, 7) is 4.41. The number of hydrogen-bond donors (Lipinski definition) is 1. The Hall–Kier alpha value is -0.310. The van der Waals surface area contributed by atoms with Gasteiger partial charge in [-0.3, -0.25) is 4.79 Å². The van der Waals surface area contributed by atoms with Crippen LogP contribution in [-0.2, 0) is 19.6 Å². The van der Waals surface area contributed by atoms with Crippen molar-refractivity contribution in [1.82, 2.24) is 4.31 Å². The minimum absolute atomic E-state index is 0.0728. The largest absolute Gasteiger partial charge is 0.480 e. The van der Waals surface area contributed by atoms with Gasteiger partial charge in [0.1, 0.15) is 6.04 Å². The Kier molecular flexibility index (Phi) is 4.99. The summed E-state index contributed by atoms with van der Waals surface area (Å²) in [6, 6.07) is -0.959. The van der Waals surface area contributed by atoms with Gasteiger partial charge in [0.2, 0.25) is 10.0 Å². The predicted molar refractivity (Wildman–Crippen MR) is 77.1 cm³/mol. The zero-order valence-electron chi connectivity index (χ0n) is 11.7. The fourth-order valence-corrected chi connectivity index (χ4v) is 6.68. The van der Waals surface area contributed by atoms with E-state index in [-0.39, 0.29) is 23.1 Å². The van der Waals surface area contributed by atoms with Gasteiger partial charge in [-0.15, -0.1) is 11.8 Å². The molecule has 8 heteroatoms. The Bertz CT molecular complexity index is 458. The van der Waals surface area contributed by atoms with Crippen molar-refractivity contribution in [2.24, 2.45) is 5.92 Å². The van der Waals surface area contributed by atoms with Crippen LogP contribution in [0, 0.1) is 5.92 Å². The normalized spacial score (nSPS) is 32.0. The molecule has 3 unspecified atom stereocenters. The molecule has 0 aromatic rings. The van der Waals surface area contributed by atoms with Crippen LogP contribution in [-0.4, -0.2) is 59.4 Å². The number of hydrogen-bond acceptors (Lipinski definition) is 5. The van der Waals surface area contributed by atoms with Crippen LogP contribution in [0.25, 0.3) is 0 Å². The number of carboxylic acid groups (broad SMARTS) is 1. The quantitative estimate of drug-likeness (QED) is 0.812. The minimum Gasteiger partial charge on any atom is -0.480 e. The summed E-state index contributed by atoms with van der Waals surface area (Å²) in [4.78, 5) is 11.3. The Balaban J connectivity index is 2.21. The molecule has 6 nitrogen and oxygen atoms in total. The number of ether oxygens (including phenoxy) is 1. The van der Waals surface area contributed by atoms with Crippen molar-refractivity contribution in [3.05, 3.63) is 0 Å². The summed E-state index contributed by atoms with van der Waals surface area (Å²) in [6.07, 6.45) is 1.29. The van der Waals surface area contributed by atoms with E-state index in [1.807, 2.05) is 13.8 Å². The van der Waals surface area contributed by atoms with Gasteiger partial charge in [-0.2, -0.15) is 4.31 Å². The van der Waals surface area contributed by atoms with Gasteiger partial charge in [0.25, 0.3) is 0 Å². The number of carbonyl (C=O) groups is 1. The summed E-state index contributed by atoms with van der Waals surface area (Å²) in [7, 11) is -3.63. The molecule has 0 amide bonds. The maximum atomic E-state index is 12.6. The molecular weight excluding hydrogens is 302 g/mol. The Morgan fingerprint density at radius 3 is 2.70 bits per heavy atom. The lowest BCUT2D eigenvalue weighted by atomic mass is 10.2. The molecule has 2 rings (SSSR count). The predicted octanol–water partition coefficient (Wildman–Crippen LogP) is 0.979. The third-order valence-corrected chi connectivity index (χ3v) is 7.25. The molecule has 2 aliphatic rings. The van der Waals surface area contributed by atoms with Gasteiger partial charge in [-0.1, -0.05) is 13.8 Å². The monoisotopic (exact) mass is 323 g/mol. The van der Waals surface area contributed by atoms with Gasteiger partial charge in [0.05, 0.1) is 17.2 Å². The highest BCUT2D eigenvalue weighted by atomic mass is 32.2. The van der Waals surface area contributed by atoms with E-state index in [0.29, 0.717) is 12.4 Å².